The van der Waals surface area contributed by atoms with Crippen LogP contribution in [0.15, 0.2) is 52.3 Å². The Morgan fingerprint density at radius 2 is 2.10 bits per heavy atom. The minimum Gasteiger partial charge on any atom is -0.496 e. The van der Waals surface area contributed by atoms with E-state index in [1.807, 2.05) is 18.2 Å². The van der Waals surface area contributed by atoms with Crippen LogP contribution in [-0.4, -0.2) is 40.9 Å². The standard InChI is InChI=1S/C22H30N6O2/c1-4-21-27-26-16-28(21)12-11-24-22(25-15-19-6-5-13-30-19)23-10-9-18-14-17(2)7-8-20(18)29-3/h5-8,13-14,16H,4,9-12,15H2,1-3H3,(H2,23,24,25). The number of aryl methyl sites for hydroxylation is 2. The average Bonchev–Trinajstić information content (AvgIpc) is 3.43. The van der Waals surface area contributed by atoms with E-state index in [-0.39, 0.29) is 0 Å². The van der Waals surface area contributed by atoms with Gasteiger partial charge in [0.15, 0.2) is 5.96 Å². The number of ether oxygens (including phenoxy) is 1. The van der Waals surface area contributed by atoms with Crippen molar-refractivity contribution in [1.82, 2.24) is 25.4 Å². The van der Waals surface area contributed by atoms with Gasteiger partial charge in [-0.3, -0.25) is 0 Å². The van der Waals surface area contributed by atoms with Crippen LogP contribution >= 0.6 is 0 Å². The number of aliphatic imine (C=N–C) groups is 1. The minimum atomic E-state index is 0.475. The summed E-state index contributed by atoms with van der Waals surface area (Å²) in [4.78, 5) is 4.65. The normalized spacial score (nSPS) is 11.5. The first-order valence-corrected chi connectivity index (χ1v) is 10.2. The zero-order valence-electron chi connectivity index (χ0n) is 17.9. The Labute approximate surface area is 177 Å². The molecule has 0 radical (unpaired) electrons. The number of hydrogen-bond acceptors (Lipinski definition) is 5. The third-order valence-corrected chi connectivity index (χ3v) is 4.75. The lowest BCUT2D eigenvalue weighted by Crippen LogP contribution is -2.40. The quantitative estimate of drug-likeness (QED) is 0.395. The van der Waals surface area contributed by atoms with E-state index in [9.17, 15) is 0 Å². The molecule has 0 saturated heterocycles. The number of rotatable bonds is 10. The summed E-state index contributed by atoms with van der Waals surface area (Å²) in [5.41, 5.74) is 2.39. The molecule has 0 spiro atoms. The van der Waals surface area contributed by atoms with Crippen molar-refractivity contribution < 1.29 is 9.15 Å². The van der Waals surface area contributed by atoms with Crippen molar-refractivity contribution in [2.75, 3.05) is 20.2 Å². The lowest BCUT2D eigenvalue weighted by atomic mass is 10.1. The largest absolute Gasteiger partial charge is 0.496 e. The lowest BCUT2D eigenvalue weighted by molar-refractivity contribution is 0.409. The van der Waals surface area contributed by atoms with Crippen molar-refractivity contribution in [1.29, 1.82) is 0 Å². The molecule has 0 aliphatic carbocycles. The van der Waals surface area contributed by atoms with Crippen LogP contribution in [0.2, 0.25) is 0 Å². The molecule has 2 N–H and O–H groups in total. The molecule has 3 rings (SSSR count). The highest BCUT2D eigenvalue weighted by Crippen LogP contribution is 2.19. The fourth-order valence-electron chi connectivity index (χ4n) is 3.19. The molecule has 30 heavy (non-hydrogen) atoms. The average molecular weight is 411 g/mol. The first kappa shape index (κ1) is 21.4. The van der Waals surface area contributed by atoms with E-state index in [4.69, 9.17) is 9.15 Å². The molecule has 2 aromatic heterocycles. The molecule has 0 atom stereocenters. The maximum absolute atomic E-state index is 5.48. The second kappa shape index (κ2) is 11.0. The molecular weight excluding hydrogens is 380 g/mol. The predicted octanol–water partition coefficient (Wildman–Crippen LogP) is 2.73. The summed E-state index contributed by atoms with van der Waals surface area (Å²) in [6.07, 6.45) is 5.11. The molecule has 8 heteroatoms. The van der Waals surface area contributed by atoms with Crippen LogP contribution in [0.4, 0.5) is 0 Å². The Kier molecular flexibility index (Phi) is 7.88. The topological polar surface area (TPSA) is 89.5 Å². The summed E-state index contributed by atoms with van der Waals surface area (Å²) in [7, 11) is 1.70. The van der Waals surface area contributed by atoms with Gasteiger partial charge in [0.1, 0.15) is 30.2 Å². The molecule has 2 heterocycles. The van der Waals surface area contributed by atoms with Gasteiger partial charge in [-0.1, -0.05) is 24.6 Å². The number of aromatic nitrogens is 3. The van der Waals surface area contributed by atoms with E-state index in [1.165, 1.54) is 11.1 Å². The first-order valence-electron chi connectivity index (χ1n) is 10.2. The number of hydrogen-bond donors (Lipinski definition) is 2. The summed E-state index contributed by atoms with van der Waals surface area (Å²) >= 11 is 0. The third kappa shape index (κ3) is 6.10. The lowest BCUT2D eigenvalue weighted by Gasteiger charge is -2.14. The fraction of sp³-hybridized carbons (Fsp3) is 0.409. The molecule has 0 aliphatic rings. The molecule has 3 aromatic rings. The Balaban J connectivity index is 1.58. The van der Waals surface area contributed by atoms with Gasteiger partial charge in [-0.15, -0.1) is 10.2 Å². The van der Waals surface area contributed by atoms with Crippen LogP contribution in [0.25, 0.3) is 0 Å². The highest BCUT2D eigenvalue weighted by Gasteiger charge is 2.06. The van der Waals surface area contributed by atoms with Crippen molar-refractivity contribution >= 4 is 5.96 Å². The second-order valence-corrected chi connectivity index (χ2v) is 6.96. The van der Waals surface area contributed by atoms with Crippen LogP contribution in [0, 0.1) is 6.92 Å². The first-order chi connectivity index (χ1) is 14.7. The van der Waals surface area contributed by atoms with Crippen molar-refractivity contribution in [2.24, 2.45) is 4.99 Å². The van der Waals surface area contributed by atoms with Gasteiger partial charge in [0.05, 0.1) is 13.4 Å². The summed E-state index contributed by atoms with van der Waals surface area (Å²) in [6.45, 7) is 6.85. The smallest absolute Gasteiger partial charge is 0.191 e. The highest BCUT2D eigenvalue weighted by atomic mass is 16.5. The Morgan fingerprint density at radius 3 is 2.87 bits per heavy atom. The molecule has 0 aliphatic heterocycles. The third-order valence-electron chi connectivity index (χ3n) is 4.75. The molecule has 0 amide bonds. The predicted molar refractivity (Wildman–Crippen MR) is 117 cm³/mol. The Morgan fingerprint density at radius 1 is 1.23 bits per heavy atom. The molecule has 1 aromatic carbocycles. The summed E-state index contributed by atoms with van der Waals surface area (Å²) in [5, 5.41) is 14.9. The van der Waals surface area contributed by atoms with Crippen LogP contribution in [-0.2, 0) is 25.9 Å². The van der Waals surface area contributed by atoms with Gasteiger partial charge in [0.25, 0.3) is 0 Å². The van der Waals surface area contributed by atoms with E-state index in [0.717, 1.165) is 49.2 Å². The van der Waals surface area contributed by atoms with Crippen molar-refractivity contribution in [3.8, 4) is 5.75 Å². The van der Waals surface area contributed by atoms with Gasteiger partial charge >= 0.3 is 0 Å². The van der Waals surface area contributed by atoms with Crippen molar-refractivity contribution in [3.05, 3.63) is 65.6 Å². The van der Waals surface area contributed by atoms with Gasteiger partial charge in [-0.05, 0) is 37.1 Å². The molecule has 0 fully saturated rings. The van der Waals surface area contributed by atoms with Gasteiger partial charge < -0.3 is 24.4 Å². The molecule has 0 bridgehead atoms. The van der Waals surface area contributed by atoms with E-state index < -0.39 is 0 Å². The van der Waals surface area contributed by atoms with Crippen molar-refractivity contribution in [3.63, 3.8) is 0 Å². The van der Waals surface area contributed by atoms with Crippen molar-refractivity contribution in [2.45, 2.75) is 39.8 Å². The van der Waals surface area contributed by atoms with Gasteiger partial charge in [-0.25, -0.2) is 4.99 Å². The van der Waals surface area contributed by atoms with Crippen LogP contribution in [0.5, 0.6) is 5.75 Å². The van der Waals surface area contributed by atoms with Crippen LogP contribution in [0.1, 0.15) is 29.6 Å². The molecule has 0 saturated carbocycles. The maximum Gasteiger partial charge on any atom is 0.191 e. The van der Waals surface area contributed by atoms with E-state index >= 15 is 0 Å². The monoisotopic (exact) mass is 410 g/mol. The summed E-state index contributed by atoms with van der Waals surface area (Å²) in [5.74, 6) is 3.45. The number of methoxy groups -OCH3 is 1. The highest BCUT2D eigenvalue weighted by molar-refractivity contribution is 5.79. The van der Waals surface area contributed by atoms with E-state index in [1.54, 1.807) is 19.7 Å². The number of furan rings is 1. The zero-order valence-corrected chi connectivity index (χ0v) is 17.9. The summed E-state index contributed by atoms with van der Waals surface area (Å²) < 4.78 is 12.9. The van der Waals surface area contributed by atoms with E-state index in [0.29, 0.717) is 13.1 Å². The number of nitrogens with zero attached hydrogens (tertiary/aromatic N) is 4. The van der Waals surface area contributed by atoms with Crippen LogP contribution in [0.3, 0.4) is 0 Å². The molecule has 0 unspecified atom stereocenters. The van der Waals surface area contributed by atoms with Gasteiger partial charge in [0.2, 0.25) is 0 Å². The minimum absolute atomic E-state index is 0.475. The van der Waals surface area contributed by atoms with E-state index in [2.05, 4.69) is 56.4 Å². The number of benzene rings is 1. The SMILES string of the molecule is CCc1nncn1CCNC(=NCc1ccco1)NCCc1cc(C)ccc1OC. The van der Waals surface area contributed by atoms with Crippen LogP contribution < -0.4 is 15.4 Å². The number of nitrogens with one attached hydrogen (secondary N) is 2. The molecular formula is C22H30N6O2. The maximum atomic E-state index is 5.48. The Bertz CT molecular complexity index is 933. The summed E-state index contributed by atoms with van der Waals surface area (Å²) in [6, 6.07) is 10.0. The zero-order chi connectivity index (χ0) is 21.2. The number of guanidine groups is 1. The second-order valence-electron chi connectivity index (χ2n) is 6.96. The van der Waals surface area contributed by atoms with Gasteiger partial charge in [0, 0.05) is 26.1 Å². The molecule has 8 nitrogen and oxygen atoms in total. The fourth-order valence-corrected chi connectivity index (χ4v) is 3.19. The molecule has 160 valence electrons. The van der Waals surface area contributed by atoms with Gasteiger partial charge in [-0.2, -0.15) is 0 Å². The Hall–Kier alpha value is -3.29.